The number of carbonyl (C=O) groups is 1. The summed E-state index contributed by atoms with van der Waals surface area (Å²) in [6, 6.07) is 11.5. The third kappa shape index (κ3) is 3.61. The van der Waals surface area contributed by atoms with Gasteiger partial charge in [-0.15, -0.1) is 0 Å². The molecule has 0 amide bonds. The molecule has 0 radical (unpaired) electrons. The number of carbonyl (C=O) groups excluding carboxylic acids is 1. The van der Waals surface area contributed by atoms with Crippen molar-refractivity contribution in [1.29, 1.82) is 0 Å². The van der Waals surface area contributed by atoms with Crippen LogP contribution in [0.2, 0.25) is 0 Å². The molecule has 0 spiro atoms. The number of para-hydroxylation sites is 1. The van der Waals surface area contributed by atoms with Crippen LogP contribution < -0.4 is 5.32 Å². The van der Waals surface area contributed by atoms with Gasteiger partial charge in [-0.3, -0.25) is 4.79 Å². The maximum Gasteiger partial charge on any atom is 0.293 e. The van der Waals surface area contributed by atoms with E-state index in [-0.39, 0.29) is 0 Å². The first-order chi connectivity index (χ1) is 9.86. The van der Waals surface area contributed by atoms with Crippen LogP contribution in [-0.2, 0) is 9.53 Å². The fraction of sp³-hybridized carbons (Fsp3) is 0.438. The summed E-state index contributed by atoms with van der Waals surface area (Å²) in [6.07, 6.45) is 4.73. The van der Waals surface area contributed by atoms with E-state index < -0.39 is 0 Å². The normalized spacial score (nSPS) is 15.4. The van der Waals surface area contributed by atoms with Crippen molar-refractivity contribution in [2.75, 3.05) is 19.7 Å². The molecule has 20 heavy (non-hydrogen) atoms. The van der Waals surface area contributed by atoms with Crippen molar-refractivity contribution >= 4 is 17.4 Å². The van der Waals surface area contributed by atoms with Crippen LogP contribution in [0.25, 0.3) is 10.9 Å². The minimum atomic E-state index is 0.431. The Hall–Kier alpha value is -1.81. The van der Waals surface area contributed by atoms with E-state index in [4.69, 9.17) is 0 Å². The highest BCUT2D eigenvalue weighted by atomic mass is 16.5. The van der Waals surface area contributed by atoms with E-state index >= 15 is 0 Å². The number of hydrogen-bond donors (Lipinski definition) is 1. The van der Waals surface area contributed by atoms with Gasteiger partial charge >= 0.3 is 0 Å². The lowest BCUT2D eigenvalue weighted by Crippen LogP contribution is -2.29. The monoisotopic (exact) mass is 274 g/mol. The molecule has 1 aliphatic heterocycles. The van der Waals surface area contributed by atoms with Gasteiger partial charge in [0.25, 0.3) is 6.47 Å². The Morgan fingerprint density at radius 3 is 2.70 bits per heavy atom. The van der Waals surface area contributed by atoms with E-state index in [2.05, 4.69) is 51.1 Å². The second-order valence-electron chi connectivity index (χ2n) is 4.81. The number of fused-ring (bicyclic) bond motifs is 1. The first-order valence-electron chi connectivity index (χ1n) is 7.18. The topological polar surface area (TPSA) is 43.3 Å². The van der Waals surface area contributed by atoms with Crippen LogP contribution in [0.4, 0.5) is 0 Å². The van der Waals surface area contributed by atoms with Crippen molar-refractivity contribution in [2.45, 2.75) is 25.8 Å². The number of nitrogens with zero attached hydrogens (tertiary/aromatic N) is 1. The number of nitrogens with one attached hydrogen (secondary N) is 1. The Kier molecular flexibility index (Phi) is 5.62. The van der Waals surface area contributed by atoms with Gasteiger partial charge in [0.1, 0.15) is 0 Å². The number of benzene rings is 1. The van der Waals surface area contributed by atoms with E-state index in [0.29, 0.717) is 19.1 Å². The summed E-state index contributed by atoms with van der Waals surface area (Å²) in [5.74, 6) is 0. The molecule has 0 saturated carbocycles. The fourth-order valence-electron chi connectivity index (χ4n) is 2.58. The molecule has 4 nitrogen and oxygen atoms in total. The Balaban J connectivity index is 0.000000257. The summed E-state index contributed by atoms with van der Waals surface area (Å²) < 4.78 is 6.59. The van der Waals surface area contributed by atoms with Crippen molar-refractivity contribution in [2.24, 2.45) is 0 Å². The molecule has 1 N–H and O–H groups in total. The van der Waals surface area contributed by atoms with Gasteiger partial charge in [-0.25, -0.2) is 0 Å². The number of rotatable bonds is 3. The number of hydrogen-bond acceptors (Lipinski definition) is 3. The Morgan fingerprint density at radius 2 is 2.05 bits per heavy atom. The average molecular weight is 274 g/mol. The molecule has 1 saturated heterocycles. The molecule has 3 rings (SSSR count). The second-order valence-corrected chi connectivity index (χ2v) is 4.81. The summed E-state index contributed by atoms with van der Waals surface area (Å²) in [5, 5.41) is 4.77. The van der Waals surface area contributed by atoms with E-state index in [0.717, 1.165) is 13.1 Å². The minimum Gasteiger partial charge on any atom is -0.468 e. The molecule has 0 bridgehead atoms. The Morgan fingerprint density at radius 1 is 1.30 bits per heavy atom. The minimum absolute atomic E-state index is 0.431. The van der Waals surface area contributed by atoms with Crippen LogP contribution in [0.5, 0.6) is 0 Å². The van der Waals surface area contributed by atoms with Gasteiger partial charge in [0.2, 0.25) is 0 Å². The molecular formula is C16H22N2O2. The van der Waals surface area contributed by atoms with Gasteiger partial charge in [0.15, 0.2) is 0 Å². The first-order valence-corrected chi connectivity index (χ1v) is 7.18. The molecule has 1 fully saturated rings. The molecular weight excluding hydrogens is 252 g/mol. The van der Waals surface area contributed by atoms with E-state index in [1.54, 1.807) is 6.92 Å². The third-order valence-corrected chi connectivity index (χ3v) is 3.57. The third-order valence-electron chi connectivity index (χ3n) is 3.57. The summed E-state index contributed by atoms with van der Waals surface area (Å²) in [5.41, 5.74) is 1.38. The SMILES string of the molecule is CCOC=O.c1ccc2c(c1)ccn2C1CCNCC1. The molecule has 1 aromatic heterocycles. The average Bonchev–Trinajstić information content (AvgIpc) is 2.94. The van der Waals surface area contributed by atoms with Crippen LogP contribution in [0.3, 0.4) is 0 Å². The van der Waals surface area contributed by atoms with E-state index in [1.807, 2.05) is 0 Å². The van der Waals surface area contributed by atoms with Crippen molar-refractivity contribution in [3.05, 3.63) is 36.5 Å². The summed E-state index contributed by atoms with van der Waals surface area (Å²) in [6.45, 7) is 4.96. The zero-order valence-corrected chi connectivity index (χ0v) is 11.9. The Bertz CT molecular complexity index is 530. The molecule has 0 atom stereocenters. The molecule has 2 heterocycles. The van der Waals surface area contributed by atoms with Gasteiger partial charge in [0, 0.05) is 17.8 Å². The molecule has 1 aliphatic rings. The number of aromatic nitrogens is 1. The highest BCUT2D eigenvalue weighted by Crippen LogP contribution is 2.25. The van der Waals surface area contributed by atoms with E-state index in [1.165, 1.54) is 23.7 Å². The van der Waals surface area contributed by atoms with Crippen LogP contribution >= 0.6 is 0 Å². The summed E-state index contributed by atoms with van der Waals surface area (Å²) in [7, 11) is 0. The number of ether oxygens (including phenoxy) is 1. The second kappa shape index (κ2) is 7.70. The lowest BCUT2D eigenvalue weighted by atomic mass is 10.1. The first kappa shape index (κ1) is 14.6. The Labute approximate surface area is 119 Å². The van der Waals surface area contributed by atoms with Crippen molar-refractivity contribution in [3.63, 3.8) is 0 Å². The molecule has 108 valence electrons. The molecule has 1 aromatic carbocycles. The van der Waals surface area contributed by atoms with Crippen molar-refractivity contribution in [3.8, 4) is 0 Å². The van der Waals surface area contributed by atoms with Crippen molar-refractivity contribution in [1.82, 2.24) is 9.88 Å². The maximum atomic E-state index is 9.18. The van der Waals surface area contributed by atoms with E-state index in [9.17, 15) is 4.79 Å². The maximum absolute atomic E-state index is 9.18. The smallest absolute Gasteiger partial charge is 0.293 e. The lowest BCUT2D eigenvalue weighted by Gasteiger charge is -2.25. The summed E-state index contributed by atoms with van der Waals surface area (Å²) >= 11 is 0. The molecule has 0 unspecified atom stereocenters. The molecule has 0 aliphatic carbocycles. The standard InChI is InChI=1S/C13H16N2.C3H6O2/c1-2-4-13-11(3-1)7-10-15(13)12-5-8-14-9-6-12;1-2-5-3-4/h1-4,7,10,12,14H,5-6,8-9H2;3H,2H2,1H3. The quantitative estimate of drug-likeness (QED) is 0.875. The highest BCUT2D eigenvalue weighted by molar-refractivity contribution is 5.80. The molecule has 2 aromatic rings. The van der Waals surface area contributed by atoms with Crippen LogP contribution in [-0.4, -0.2) is 30.7 Å². The fourth-order valence-corrected chi connectivity index (χ4v) is 2.58. The lowest BCUT2D eigenvalue weighted by molar-refractivity contribution is -0.128. The van der Waals surface area contributed by atoms with Crippen LogP contribution in [0.15, 0.2) is 36.5 Å². The zero-order valence-electron chi connectivity index (χ0n) is 11.9. The van der Waals surface area contributed by atoms with Gasteiger partial charge in [-0.1, -0.05) is 18.2 Å². The summed E-state index contributed by atoms with van der Waals surface area (Å²) in [4.78, 5) is 9.18. The van der Waals surface area contributed by atoms with Gasteiger partial charge in [-0.05, 0) is 50.4 Å². The highest BCUT2D eigenvalue weighted by Gasteiger charge is 2.15. The van der Waals surface area contributed by atoms with Gasteiger partial charge in [0.05, 0.1) is 6.61 Å². The predicted octanol–water partition coefficient (Wildman–Crippen LogP) is 2.75. The number of piperidine rings is 1. The van der Waals surface area contributed by atoms with Crippen LogP contribution in [0.1, 0.15) is 25.8 Å². The van der Waals surface area contributed by atoms with Crippen molar-refractivity contribution < 1.29 is 9.53 Å². The zero-order chi connectivity index (χ0) is 14.2. The van der Waals surface area contributed by atoms with Gasteiger partial charge < -0.3 is 14.6 Å². The van der Waals surface area contributed by atoms with Gasteiger partial charge in [-0.2, -0.15) is 0 Å². The molecule has 4 heteroatoms. The van der Waals surface area contributed by atoms with Crippen LogP contribution in [0, 0.1) is 0 Å². The largest absolute Gasteiger partial charge is 0.468 e. The predicted molar refractivity (Wildman–Crippen MR) is 80.8 cm³/mol.